The van der Waals surface area contributed by atoms with Gasteiger partial charge in [-0.05, 0) is 32.2 Å². The zero-order chi connectivity index (χ0) is 10.9. The first kappa shape index (κ1) is 12.5. The Balaban J connectivity index is 1.92. The molecule has 4 nitrogen and oxygen atoms in total. The Bertz CT molecular complexity index is 179. The van der Waals surface area contributed by atoms with Gasteiger partial charge in [0.15, 0.2) is 0 Å². The molecule has 15 heavy (non-hydrogen) atoms. The quantitative estimate of drug-likeness (QED) is 0.632. The molecule has 1 amide bonds. The van der Waals surface area contributed by atoms with Crippen molar-refractivity contribution in [2.24, 2.45) is 0 Å². The third-order valence-electron chi connectivity index (χ3n) is 2.69. The maximum atomic E-state index is 11.6. The van der Waals surface area contributed by atoms with Gasteiger partial charge in [0.2, 0.25) is 5.91 Å². The summed E-state index contributed by atoms with van der Waals surface area (Å²) in [4.78, 5) is 13.5. The summed E-state index contributed by atoms with van der Waals surface area (Å²) in [7, 11) is 1.71. The maximum absolute atomic E-state index is 11.6. The van der Waals surface area contributed by atoms with E-state index in [4.69, 9.17) is 4.74 Å². The van der Waals surface area contributed by atoms with Crippen LogP contribution in [0.5, 0.6) is 0 Å². The summed E-state index contributed by atoms with van der Waals surface area (Å²) < 4.78 is 4.95. The van der Waals surface area contributed by atoms with Crippen molar-refractivity contribution in [3.63, 3.8) is 0 Å². The van der Waals surface area contributed by atoms with E-state index in [1.165, 1.54) is 12.8 Å². The van der Waals surface area contributed by atoms with E-state index >= 15 is 0 Å². The van der Waals surface area contributed by atoms with Crippen LogP contribution in [-0.4, -0.2) is 50.7 Å². The summed E-state index contributed by atoms with van der Waals surface area (Å²) in [6.07, 6.45) is 4.46. The minimum absolute atomic E-state index is 0.249. The largest absolute Gasteiger partial charge is 0.385 e. The fourth-order valence-corrected chi connectivity index (χ4v) is 1.77. The molecule has 0 aromatic heterocycles. The highest BCUT2D eigenvalue weighted by atomic mass is 16.5. The number of methoxy groups -OCH3 is 1. The number of hydrogen-bond acceptors (Lipinski definition) is 3. The summed E-state index contributed by atoms with van der Waals surface area (Å²) in [6, 6.07) is 0. The summed E-state index contributed by atoms with van der Waals surface area (Å²) >= 11 is 0. The first-order valence-corrected chi connectivity index (χ1v) is 5.82. The van der Waals surface area contributed by atoms with E-state index < -0.39 is 0 Å². The van der Waals surface area contributed by atoms with Crippen molar-refractivity contribution in [2.75, 3.05) is 39.9 Å². The van der Waals surface area contributed by atoms with Gasteiger partial charge in [-0.2, -0.15) is 0 Å². The lowest BCUT2D eigenvalue weighted by molar-refractivity contribution is -0.129. The number of rotatable bonds is 7. The molecule has 1 N–H and O–H groups in total. The van der Waals surface area contributed by atoms with Gasteiger partial charge in [-0.25, -0.2) is 0 Å². The Kier molecular flexibility index (Phi) is 6.36. The number of ether oxygens (including phenoxy) is 1. The molecule has 0 aliphatic carbocycles. The number of hydrogen-bond donors (Lipinski definition) is 1. The Hall–Kier alpha value is -0.610. The molecule has 0 bridgehead atoms. The minimum atomic E-state index is 0.249. The number of unbranched alkanes of at least 4 members (excludes halogenated alkanes) is 1. The Morgan fingerprint density at radius 2 is 2.07 bits per heavy atom. The summed E-state index contributed by atoms with van der Waals surface area (Å²) in [6.45, 7) is 4.10. The van der Waals surface area contributed by atoms with E-state index in [1.54, 1.807) is 7.11 Å². The van der Waals surface area contributed by atoms with Crippen LogP contribution in [0, 0.1) is 0 Å². The average molecular weight is 214 g/mol. The lowest BCUT2D eigenvalue weighted by atomic mass is 10.3. The van der Waals surface area contributed by atoms with Crippen molar-refractivity contribution in [1.29, 1.82) is 0 Å². The number of carbonyl (C=O) groups is 1. The van der Waals surface area contributed by atoms with Crippen LogP contribution in [0.15, 0.2) is 0 Å². The fourth-order valence-electron chi connectivity index (χ4n) is 1.77. The van der Waals surface area contributed by atoms with E-state index in [1.807, 2.05) is 4.90 Å². The van der Waals surface area contributed by atoms with Crippen LogP contribution in [0.1, 0.15) is 25.7 Å². The molecule has 0 spiro atoms. The molecule has 0 radical (unpaired) electrons. The van der Waals surface area contributed by atoms with Crippen LogP contribution < -0.4 is 5.32 Å². The molecule has 0 saturated carbocycles. The summed E-state index contributed by atoms with van der Waals surface area (Å²) in [5, 5.41) is 3.17. The van der Waals surface area contributed by atoms with Gasteiger partial charge in [-0.3, -0.25) is 4.79 Å². The second-order valence-corrected chi connectivity index (χ2v) is 3.96. The SMILES string of the molecule is COCCCCNCC(=O)N1CCCC1. The van der Waals surface area contributed by atoms with Gasteiger partial charge in [-0.15, -0.1) is 0 Å². The van der Waals surface area contributed by atoms with Gasteiger partial charge in [0.05, 0.1) is 6.54 Å². The van der Waals surface area contributed by atoms with E-state index in [2.05, 4.69) is 5.32 Å². The molecular formula is C11H22N2O2. The van der Waals surface area contributed by atoms with Crippen molar-refractivity contribution in [2.45, 2.75) is 25.7 Å². The molecule has 0 atom stereocenters. The second kappa shape index (κ2) is 7.65. The van der Waals surface area contributed by atoms with Gasteiger partial charge >= 0.3 is 0 Å². The van der Waals surface area contributed by atoms with Crippen molar-refractivity contribution in [1.82, 2.24) is 10.2 Å². The van der Waals surface area contributed by atoms with Gasteiger partial charge in [0, 0.05) is 26.8 Å². The Labute approximate surface area is 92.0 Å². The highest BCUT2D eigenvalue weighted by Crippen LogP contribution is 2.06. The molecule has 0 unspecified atom stereocenters. The Morgan fingerprint density at radius 3 is 2.73 bits per heavy atom. The molecule has 88 valence electrons. The fraction of sp³-hybridized carbons (Fsp3) is 0.909. The topological polar surface area (TPSA) is 41.6 Å². The maximum Gasteiger partial charge on any atom is 0.236 e. The Morgan fingerprint density at radius 1 is 1.33 bits per heavy atom. The molecule has 1 fully saturated rings. The second-order valence-electron chi connectivity index (χ2n) is 3.96. The third kappa shape index (κ3) is 5.14. The van der Waals surface area contributed by atoms with E-state index in [0.717, 1.165) is 39.1 Å². The van der Waals surface area contributed by atoms with Crippen LogP contribution in [0.4, 0.5) is 0 Å². The molecule has 1 aliphatic heterocycles. The van der Waals surface area contributed by atoms with Crippen molar-refractivity contribution in [3.8, 4) is 0 Å². The minimum Gasteiger partial charge on any atom is -0.385 e. The van der Waals surface area contributed by atoms with Crippen molar-refractivity contribution in [3.05, 3.63) is 0 Å². The predicted octanol–water partition coefficient (Wildman–Crippen LogP) is 0.625. The van der Waals surface area contributed by atoms with Crippen LogP contribution in [0.3, 0.4) is 0 Å². The molecule has 1 rings (SSSR count). The number of carbonyl (C=O) groups excluding carboxylic acids is 1. The normalized spacial score (nSPS) is 15.9. The summed E-state index contributed by atoms with van der Waals surface area (Å²) in [5.41, 5.74) is 0. The van der Waals surface area contributed by atoms with E-state index in [0.29, 0.717) is 6.54 Å². The highest BCUT2D eigenvalue weighted by Gasteiger charge is 2.16. The molecule has 1 heterocycles. The summed E-state index contributed by atoms with van der Waals surface area (Å²) in [5.74, 6) is 0.249. The highest BCUT2D eigenvalue weighted by molar-refractivity contribution is 5.78. The molecular weight excluding hydrogens is 192 g/mol. The van der Waals surface area contributed by atoms with Crippen LogP contribution in [0.25, 0.3) is 0 Å². The molecule has 0 aromatic rings. The van der Waals surface area contributed by atoms with Crippen LogP contribution in [-0.2, 0) is 9.53 Å². The number of amides is 1. The van der Waals surface area contributed by atoms with Gasteiger partial charge in [0.25, 0.3) is 0 Å². The molecule has 4 heteroatoms. The van der Waals surface area contributed by atoms with E-state index in [9.17, 15) is 4.79 Å². The number of nitrogens with one attached hydrogen (secondary N) is 1. The average Bonchev–Trinajstić information content (AvgIpc) is 2.76. The smallest absolute Gasteiger partial charge is 0.236 e. The van der Waals surface area contributed by atoms with E-state index in [-0.39, 0.29) is 5.91 Å². The zero-order valence-electron chi connectivity index (χ0n) is 9.63. The van der Waals surface area contributed by atoms with Gasteiger partial charge in [-0.1, -0.05) is 0 Å². The van der Waals surface area contributed by atoms with Gasteiger partial charge < -0.3 is 15.0 Å². The zero-order valence-corrected chi connectivity index (χ0v) is 9.63. The number of nitrogens with zero attached hydrogens (tertiary/aromatic N) is 1. The standard InChI is InChI=1S/C11H22N2O2/c1-15-9-5-2-6-12-10-11(14)13-7-3-4-8-13/h12H,2-10H2,1H3. The van der Waals surface area contributed by atoms with Crippen molar-refractivity contribution < 1.29 is 9.53 Å². The molecule has 0 aromatic carbocycles. The number of likely N-dealkylation sites (tertiary alicyclic amines) is 1. The molecule has 1 saturated heterocycles. The van der Waals surface area contributed by atoms with Crippen molar-refractivity contribution >= 4 is 5.91 Å². The predicted molar refractivity (Wildman–Crippen MR) is 59.8 cm³/mol. The first-order valence-electron chi connectivity index (χ1n) is 5.82. The van der Waals surface area contributed by atoms with Crippen LogP contribution in [0.2, 0.25) is 0 Å². The molecule has 1 aliphatic rings. The lowest BCUT2D eigenvalue weighted by Gasteiger charge is -2.15. The third-order valence-corrected chi connectivity index (χ3v) is 2.69. The lowest BCUT2D eigenvalue weighted by Crippen LogP contribution is -2.36. The first-order chi connectivity index (χ1) is 7.34. The van der Waals surface area contributed by atoms with Gasteiger partial charge in [0.1, 0.15) is 0 Å². The van der Waals surface area contributed by atoms with Crippen LogP contribution >= 0.6 is 0 Å². The monoisotopic (exact) mass is 214 g/mol.